The van der Waals surface area contributed by atoms with Crippen molar-refractivity contribution in [2.24, 2.45) is 11.8 Å². The van der Waals surface area contributed by atoms with E-state index in [1.165, 1.54) is 103 Å². The zero-order valence-electron chi connectivity index (χ0n) is 40.2. The normalized spacial score (nSPS) is 14.5. The standard InChI is InChI=1S/C50H95NO10/c1-6-10-14-18-22-26-36-55-48(56-37-27-23-19-15-11-7-2)32-30-46(52)59-41-44(43-61-50(54)45-34-35-51(5)40-45)42-60-47(53)31-33-49(57-38-28-24-20-16-12-8-3)58-39-29-25-21-17-13-9-4/h44-45,48-49H,6-43H2,1-5H3. The van der Waals surface area contributed by atoms with Crippen molar-refractivity contribution in [3.63, 3.8) is 0 Å². The molecule has 11 nitrogen and oxygen atoms in total. The van der Waals surface area contributed by atoms with Crippen molar-refractivity contribution in [2.75, 3.05) is 66.4 Å². The van der Waals surface area contributed by atoms with Crippen LogP contribution in [0.2, 0.25) is 0 Å². The fraction of sp³-hybridized carbons (Fsp3) is 0.940. The highest BCUT2D eigenvalue weighted by molar-refractivity contribution is 5.73. The first-order valence-corrected chi connectivity index (χ1v) is 25.4. The van der Waals surface area contributed by atoms with Crippen LogP contribution < -0.4 is 0 Å². The molecule has 1 aliphatic heterocycles. The number of hydrogen-bond acceptors (Lipinski definition) is 11. The summed E-state index contributed by atoms with van der Waals surface area (Å²) < 4.78 is 41.6. The van der Waals surface area contributed by atoms with Crippen LogP contribution in [0.15, 0.2) is 0 Å². The van der Waals surface area contributed by atoms with E-state index < -0.39 is 18.5 Å². The SMILES string of the molecule is CCCCCCCCOC(CCC(=O)OCC(COC(=O)CCC(OCCCCCCCC)OCCCCCCCC)COC(=O)C1CCN(C)C1)OCCCCCCCC. The molecule has 1 unspecified atom stereocenters. The van der Waals surface area contributed by atoms with E-state index in [4.69, 9.17) is 33.2 Å². The molecule has 1 fully saturated rings. The third kappa shape index (κ3) is 35.3. The average molecular weight is 870 g/mol. The molecule has 0 aromatic heterocycles. The Balaban J connectivity index is 2.72. The number of nitrogens with zero attached hydrogens (tertiary/aromatic N) is 1. The molecular formula is C50H95NO10. The molecule has 0 N–H and O–H groups in total. The summed E-state index contributed by atoms with van der Waals surface area (Å²) in [7, 11) is 1.99. The lowest BCUT2D eigenvalue weighted by molar-refractivity contribution is -0.164. The van der Waals surface area contributed by atoms with Crippen molar-refractivity contribution in [1.82, 2.24) is 4.90 Å². The predicted molar refractivity (Wildman–Crippen MR) is 245 cm³/mol. The van der Waals surface area contributed by atoms with Gasteiger partial charge in [-0.25, -0.2) is 0 Å². The molecule has 0 radical (unpaired) electrons. The van der Waals surface area contributed by atoms with Crippen LogP contribution in [0, 0.1) is 11.8 Å². The lowest BCUT2D eigenvalue weighted by Crippen LogP contribution is -2.29. The number of unbranched alkanes of at least 4 members (excludes halogenated alkanes) is 20. The van der Waals surface area contributed by atoms with Gasteiger partial charge in [0.1, 0.15) is 19.8 Å². The molecule has 61 heavy (non-hydrogen) atoms. The lowest BCUT2D eigenvalue weighted by atomic mass is 10.1. The minimum absolute atomic E-state index is 0.00364. The maximum absolute atomic E-state index is 13.1. The summed E-state index contributed by atoms with van der Waals surface area (Å²) in [6.45, 7) is 12.7. The Bertz CT molecular complexity index is 919. The number of rotatable bonds is 45. The molecule has 11 heteroatoms. The number of carbonyl (C=O) groups is 3. The maximum Gasteiger partial charge on any atom is 0.310 e. The third-order valence-corrected chi connectivity index (χ3v) is 11.5. The van der Waals surface area contributed by atoms with Crippen molar-refractivity contribution >= 4 is 17.9 Å². The Morgan fingerprint density at radius 1 is 0.475 bits per heavy atom. The molecule has 360 valence electrons. The number of hydrogen-bond donors (Lipinski definition) is 0. The predicted octanol–water partition coefficient (Wildman–Crippen LogP) is 11.9. The second-order valence-corrected chi connectivity index (χ2v) is 17.6. The van der Waals surface area contributed by atoms with Crippen LogP contribution in [0.1, 0.15) is 214 Å². The van der Waals surface area contributed by atoms with Gasteiger partial charge in [0.2, 0.25) is 0 Å². The Morgan fingerprint density at radius 3 is 1.13 bits per heavy atom. The van der Waals surface area contributed by atoms with Gasteiger partial charge < -0.3 is 38.1 Å². The summed E-state index contributed by atoms with van der Waals surface area (Å²) in [5.74, 6) is -1.73. The summed E-state index contributed by atoms with van der Waals surface area (Å²) in [5, 5.41) is 0. The lowest BCUT2D eigenvalue weighted by Gasteiger charge is -2.21. The summed E-state index contributed by atoms with van der Waals surface area (Å²) in [6, 6.07) is 0. The van der Waals surface area contributed by atoms with Crippen molar-refractivity contribution in [3.8, 4) is 0 Å². The molecule has 1 saturated heterocycles. The molecule has 0 aromatic carbocycles. The van der Waals surface area contributed by atoms with E-state index in [2.05, 4.69) is 32.6 Å². The first-order valence-electron chi connectivity index (χ1n) is 25.4. The summed E-state index contributed by atoms with van der Waals surface area (Å²) >= 11 is 0. The highest BCUT2D eigenvalue weighted by Crippen LogP contribution is 2.18. The summed E-state index contributed by atoms with van der Waals surface area (Å²) in [5.41, 5.74) is 0. The highest BCUT2D eigenvalue weighted by atomic mass is 16.7. The molecule has 0 bridgehead atoms. The zero-order valence-corrected chi connectivity index (χ0v) is 40.2. The van der Waals surface area contributed by atoms with E-state index in [9.17, 15) is 14.4 Å². The number of esters is 3. The topological polar surface area (TPSA) is 119 Å². The molecular weight excluding hydrogens is 775 g/mol. The van der Waals surface area contributed by atoms with Crippen LogP contribution in [-0.2, 0) is 47.5 Å². The number of likely N-dealkylation sites (tertiary alicyclic amines) is 1. The second kappa shape index (κ2) is 42.2. The average Bonchev–Trinajstić information content (AvgIpc) is 3.71. The monoisotopic (exact) mass is 870 g/mol. The molecule has 0 amide bonds. The van der Waals surface area contributed by atoms with Crippen molar-refractivity contribution in [3.05, 3.63) is 0 Å². The van der Waals surface area contributed by atoms with Crippen molar-refractivity contribution in [1.29, 1.82) is 0 Å². The molecule has 0 aliphatic carbocycles. The van der Waals surface area contributed by atoms with E-state index in [-0.39, 0.29) is 56.5 Å². The van der Waals surface area contributed by atoms with E-state index in [1.54, 1.807) is 0 Å². The van der Waals surface area contributed by atoms with E-state index >= 15 is 0 Å². The van der Waals surface area contributed by atoms with Crippen LogP contribution in [0.3, 0.4) is 0 Å². The quantitative estimate of drug-likeness (QED) is 0.0252. The zero-order chi connectivity index (χ0) is 44.4. The van der Waals surface area contributed by atoms with Gasteiger partial charge >= 0.3 is 17.9 Å². The van der Waals surface area contributed by atoms with Gasteiger partial charge in [-0.3, -0.25) is 14.4 Å². The Kier molecular flexibility index (Phi) is 39.6. The van der Waals surface area contributed by atoms with E-state index in [0.717, 1.165) is 64.3 Å². The van der Waals surface area contributed by atoms with Crippen LogP contribution in [-0.4, -0.2) is 102 Å². The molecule has 0 saturated carbocycles. The van der Waals surface area contributed by atoms with Crippen LogP contribution in [0.4, 0.5) is 0 Å². The highest BCUT2D eigenvalue weighted by Gasteiger charge is 2.29. The van der Waals surface area contributed by atoms with Gasteiger partial charge in [0.05, 0.1) is 24.7 Å². The fourth-order valence-electron chi connectivity index (χ4n) is 7.45. The summed E-state index contributed by atoms with van der Waals surface area (Å²) in [6.07, 6.45) is 29.1. The smallest absolute Gasteiger partial charge is 0.310 e. The fourth-order valence-corrected chi connectivity index (χ4v) is 7.45. The molecule has 1 heterocycles. The number of carbonyl (C=O) groups excluding carboxylic acids is 3. The van der Waals surface area contributed by atoms with Crippen molar-refractivity contribution < 1.29 is 47.5 Å². The Hall–Kier alpha value is -1.79. The van der Waals surface area contributed by atoms with Gasteiger partial charge in [0.25, 0.3) is 0 Å². The summed E-state index contributed by atoms with van der Waals surface area (Å²) in [4.78, 5) is 41.1. The minimum Gasteiger partial charge on any atom is -0.465 e. The van der Waals surface area contributed by atoms with Gasteiger partial charge in [-0.1, -0.05) is 156 Å². The van der Waals surface area contributed by atoms with Crippen LogP contribution in [0.5, 0.6) is 0 Å². The number of ether oxygens (including phenoxy) is 7. The third-order valence-electron chi connectivity index (χ3n) is 11.5. The van der Waals surface area contributed by atoms with Gasteiger partial charge in [0.15, 0.2) is 12.6 Å². The minimum atomic E-state index is -0.497. The Labute approximate surface area is 374 Å². The van der Waals surface area contributed by atoms with Crippen molar-refractivity contribution in [2.45, 2.75) is 226 Å². The maximum atomic E-state index is 13.1. The van der Waals surface area contributed by atoms with E-state index in [1.807, 2.05) is 7.05 Å². The van der Waals surface area contributed by atoms with Gasteiger partial charge in [-0.15, -0.1) is 0 Å². The molecule has 1 rings (SSSR count). The van der Waals surface area contributed by atoms with E-state index in [0.29, 0.717) is 45.8 Å². The van der Waals surface area contributed by atoms with Crippen LogP contribution in [0.25, 0.3) is 0 Å². The first-order chi connectivity index (χ1) is 29.8. The van der Waals surface area contributed by atoms with Gasteiger partial charge in [-0.05, 0) is 45.7 Å². The second-order valence-electron chi connectivity index (χ2n) is 17.6. The van der Waals surface area contributed by atoms with Gasteiger partial charge in [-0.2, -0.15) is 0 Å². The first kappa shape index (κ1) is 57.2. The molecule has 0 aromatic rings. The molecule has 0 spiro atoms. The molecule has 1 atom stereocenters. The Morgan fingerprint density at radius 2 is 0.803 bits per heavy atom. The van der Waals surface area contributed by atoms with Gasteiger partial charge in [0, 0.05) is 45.8 Å². The largest absolute Gasteiger partial charge is 0.465 e. The molecule has 1 aliphatic rings. The van der Waals surface area contributed by atoms with Crippen LogP contribution >= 0.6 is 0 Å².